The highest BCUT2D eigenvalue weighted by atomic mass is 15.2. The summed E-state index contributed by atoms with van der Waals surface area (Å²) in [6.45, 7) is 4.53. The molecule has 0 unspecified atom stereocenters. The van der Waals surface area contributed by atoms with Gasteiger partial charge in [-0.15, -0.1) is 0 Å². The second-order valence-electron chi connectivity index (χ2n) is 2.92. The van der Waals surface area contributed by atoms with E-state index in [0.717, 1.165) is 18.9 Å². The lowest BCUT2D eigenvalue weighted by Crippen LogP contribution is -2.89. The van der Waals surface area contributed by atoms with Gasteiger partial charge in [-0.25, -0.2) is 9.97 Å². The van der Waals surface area contributed by atoms with Gasteiger partial charge in [0.2, 0.25) is 0 Å². The maximum atomic E-state index is 4.20. The average molecular weight is 165 g/mol. The van der Waals surface area contributed by atoms with Crippen LogP contribution in [0.4, 0.5) is 5.82 Å². The summed E-state index contributed by atoms with van der Waals surface area (Å²) in [5.41, 5.74) is 0. The molecule has 1 aromatic rings. The van der Waals surface area contributed by atoms with Crippen molar-refractivity contribution in [1.82, 2.24) is 9.97 Å². The molecule has 1 saturated heterocycles. The molecule has 0 spiro atoms. The van der Waals surface area contributed by atoms with Crippen LogP contribution in [0.15, 0.2) is 18.6 Å². The summed E-state index contributed by atoms with van der Waals surface area (Å²) in [7, 11) is 0. The van der Waals surface area contributed by atoms with Crippen LogP contribution in [-0.4, -0.2) is 36.1 Å². The van der Waals surface area contributed by atoms with Gasteiger partial charge in [0.15, 0.2) is 0 Å². The van der Waals surface area contributed by atoms with Gasteiger partial charge >= 0.3 is 0 Å². The summed E-state index contributed by atoms with van der Waals surface area (Å²) in [6.07, 6.45) is 3.40. The Morgan fingerprint density at radius 1 is 1.33 bits per heavy atom. The van der Waals surface area contributed by atoms with E-state index in [4.69, 9.17) is 0 Å². The van der Waals surface area contributed by atoms with Crippen molar-refractivity contribution >= 4 is 5.82 Å². The van der Waals surface area contributed by atoms with Gasteiger partial charge in [0, 0.05) is 6.20 Å². The maximum absolute atomic E-state index is 4.20. The number of piperazine rings is 1. The van der Waals surface area contributed by atoms with E-state index in [1.54, 1.807) is 12.5 Å². The van der Waals surface area contributed by atoms with Crippen LogP contribution in [0.2, 0.25) is 0 Å². The largest absolute Gasteiger partial charge is 0.345 e. The molecule has 12 heavy (non-hydrogen) atoms. The topological polar surface area (TPSA) is 45.6 Å². The molecule has 4 heteroatoms. The summed E-state index contributed by atoms with van der Waals surface area (Å²) in [5, 5.41) is 2.33. The van der Waals surface area contributed by atoms with Gasteiger partial charge in [0.05, 0.1) is 26.2 Å². The van der Waals surface area contributed by atoms with Gasteiger partial charge in [-0.1, -0.05) is 0 Å². The number of rotatable bonds is 1. The fourth-order valence-corrected chi connectivity index (χ4v) is 1.45. The van der Waals surface area contributed by atoms with Crippen LogP contribution in [0.5, 0.6) is 0 Å². The number of aromatic nitrogens is 2. The number of quaternary nitrogens is 1. The molecule has 0 aliphatic carbocycles. The lowest BCUT2D eigenvalue weighted by atomic mass is 10.3. The van der Waals surface area contributed by atoms with E-state index in [2.05, 4.69) is 20.2 Å². The third-order valence-corrected chi connectivity index (χ3v) is 2.10. The van der Waals surface area contributed by atoms with E-state index in [9.17, 15) is 0 Å². The highest BCUT2D eigenvalue weighted by Crippen LogP contribution is 2.06. The van der Waals surface area contributed by atoms with Crippen molar-refractivity contribution in [3.05, 3.63) is 18.6 Å². The van der Waals surface area contributed by atoms with Crippen molar-refractivity contribution in [2.24, 2.45) is 0 Å². The Hall–Kier alpha value is -1.16. The Labute approximate surface area is 71.6 Å². The summed E-state index contributed by atoms with van der Waals surface area (Å²) in [4.78, 5) is 10.4. The fourth-order valence-electron chi connectivity index (χ4n) is 1.45. The predicted molar refractivity (Wildman–Crippen MR) is 45.9 cm³/mol. The third kappa shape index (κ3) is 1.53. The van der Waals surface area contributed by atoms with Gasteiger partial charge < -0.3 is 10.2 Å². The molecular formula is C8H13N4+. The molecule has 0 saturated carbocycles. The molecule has 1 fully saturated rings. The maximum Gasteiger partial charge on any atom is 0.132 e. The molecule has 0 atom stereocenters. The van der Waals surface area contributed by atoms with E-state index in [-0.39, 0.29) is 0 Å². The Kier molecular flexibility index (Phi) is 2.18. The van der Waals surface area contributed by atoms with E-state index in [1.165, 1.54) is 13.1 Å². The zero-order chi connectivity index (χ0) is 8.23. The summed E-state index contributed by atoms with van der Waals surface area (Å²) in [6, 6.07) is 1.96. The minimum Gasteiger partial charge on any atom is -0.345 e. The summed E-state index contributed by atoms with van der Waals surface area (Å²) < 4.78 is 0. The van der Waals surface area contributed by atoms with Crippen molar-refractivity contribution in [1.29, 1.82) is 0 Å². The first kappa shape index (κ1) is 7.49. The van der Waals surface area contributed by atoms with E-state index in [0.29, 0.717) is 0 Å². The molecule has 0 bridgehead atoms. The zero-order valence-electron chi connectivity index (χ0n) is 6.98. The van der Waals surface area contributed by atoms with Crippen molar-refractivity contribution in [2.75, 3.05) is 31.1 Å². The molecule has 0 radical (unpaired) electrons. The summed E-state index contributed by atoms with van der Waals surface area (Å²) >= 11 is 0. The number of anilines is 1. The molecule has 0 amide bonds. The minimum absolute atomic E-state index is 1.05. The van der Waals surface area contributed by atoms with Crippen LogP contribution >= 0.6 is 0 Å². The van der Waals surface area contributed by atoms with Gasteiger partial charge in [-0.3, -0.25) is 0 Å². The highest BCUT2D eigenvalue weighted by Gasteiger charge is 2.12. The molecular weight excluding hydrogens is 152 g/mol. The molecule has 4 nitrogen and oxygen atoms in total. The SMILES string of the molecule is c1cc(N2CC[NH2+]CC2)ncn1. The Morgan fingerprint density at radius 2 is 2.17 bits per heavy atom. The van der Waals surface area contributed by atoms with Gasteiger partial charge in [-0.05, 0) is 6.07 Å². The first-order valence-corrected chi connectivity index (χ1v) is 4.29. The standard InChI is InChI=1S/C8H12N4/c1-2-10-7-11-8(1)12-5-3-9-4-6-12/h1-2,7,9H,3-6H2/p+1. The third-order valence-electron chi connectivity index (χ3n) is 2.10. The van der Waals surface area contributed by atoms with Crippen LogP contribution in [0, 0.1) is 0 Å². The minimum atomic E-state index is 1.05. The first-order chi connectivity index (χ1) is 5.97. The quantitative estimate of drug-likeness (QED) is 0.572. The zero-order valence-corrected chi connectivity index (χ0v) is 6.98. The van der Waals surface area contributed by atoms with Crippen LogP contribution in [0.3, 0.4) is 0 Å². The number of nitrogens with zero attached hydrogens (tertiary/aromatic N) is 3. The second kappa shape index (κ2) is 3.49. The number of hydrogen-bond acceptors (Lipinski definition) is 3. The lowest BCUT2D eigenvalue weighted by molar-refractivity contribution is -0.655. The average Bonchev–Trinajstić information content (AvgIpc) is 2.21. The van der Waals surface area contributed by atoms with Crippen LogP contribution in [-0.2, 0) is 0 Å². The highest BCUT2D eigenvalue weighted by molar-refractivity contribution is 5.36. The molecule has 1 aromatic heterocycles. The monoisotopic (exact) mass is 165 g/mol. The molecule has 0 aromatic carbocycles. The first-order valence-electron chi connectivity index (χ1n) is 4.29. The molecule has 1 aliphatic heterocycles. The van der Waals surface area contributed by atoms with Crippen molar-refractivity contribution in [3.8, 4) is 0 Å². The van der Waals surface area contributed by atoms with Crippen LogP contribution in [0.1, 0.15) is 0 Å². The Balaban J connectivity index is 2.08. The molecule has 64 valence electrons. The van der Waals surface area contributed by atoms with E-state index in [1.807, 2.05) is 6.07 Å². The van der Waals surface area contributed by atoms with E-state index >= 15 is 0 Å². The normalized spacial score (nSPS) is 17.8. The molecule has 2 N–H and O–H groups in total. The smallest absolute Gasteiger partial charge is 0.132 e. The Bertz CT molecular complexity index is 230. The molecule has 2 rings (SSSR count). The van der Waals surface area contributed by atoms with Gasteiger partial charge in [0.25, 0.3) is 0 Å². The van der Waals surface area contributed by atoms with Gasteiger partial charge in [0.1, 0.15) is 12.1 Å². The molecule has 2 heterocycles. The number of nitrogens with two attached hydrogens (primary N) is 1. The van der Waals surface area contributed by atoms with Crippen molar-refractivity contribution < 1.29 is 5.32 Å². The predicted octanol–water partition coefficient (Wildman–Crippen LogP) is -1.14. The van der Waals surface area contributed by atoms with Crippen LogP contribution < -0.4 is 10.2 Å². The molecule has 1 aliphatic rings. The lowest BCUT2D eigenvalue weighted by Gasteiger charge is -2.25. The van der Waals surface area contributed by atoms with Crippen molar-refractivity contribution in [3.63, 3.8) is 0 Å². The van der Waals surface area contributed by atoms with Gasteiger partial charge in [-0.2, -0.15) is 0 Å². The van der Waals surface area contributed by atoms with Crippen molar-refractivity contribution in [2.45, 2.75) is 0 Å². The van der Waals surface area contributed by atoms with Crippen LogP contribution in [0.25, 0.3) is 0 Å². The fraction of sp³-hybridized carbons (Fsp3) is 0.500. The number of hydrogen-bond donors (Lipinski definition) is 1. The second-order valence-corrected chi connectivity index (χ2v) is 2.92. The van der Waals surface area contributed by atoms with E-state index < -0.39 is 0 Å². The Morgan fingerprint density at radius 3 is 2.83 bits per heavy atom. The summed E-state index contributed by atoms with van der Waals surface area (Å²) in [5.74, 6) is 1.05.